The van der Waals surface area contributed by atoms with Gasteiger partial charge in [0.25, 0.3) is 0 Å². The Kier molecular flexibility index (Phi) is 6.05. The minimum absolute atomic E-state index is 0.470. The van der Waals surface area contributed by atoms with Gasteiger partial charge in [-0.2, -0.15) is 0 Å². The zero-order chi connectivity index (χ0) is 15.4. The van der Waals surface area contributed by atoms with Crippen molar-refractivity contribution in [3.8, 4) is 0 Å². The van der Waals surface area contributed by atoms with Crippen LogP contribution in [0.1, 0.15) is 36.5 Å². The van der Waals surface area contributed by atoms with E-state index in [4.69, 9.17) is 4.42 Å². The fourth-order valence-corrected chi connectivity index (χ4v) is 3.40. The van der Waals surface area contributed by atoms with Gasteiger partial charge in [-0.05, 0) is 58.5 Å². The highest BCUT2D eigenvalue weighted by Gasteiger charge is 2.11. The van der Waals surface area contributed by atoms with Gasteiger partial charge in [-0.25, -0.2) is 0 Å². The SMILES string of the molecule is Cc1cc(CN(C)Cc2csc(Br)c2)oc1CNC(C)C. The molecule has 0 saturated heterocycles. The Morgan fingerprint density at radius 3 is 2.71 bits per heavy atom. The number of halogens is 1. The summed E-state index contributed by atoms with van der Waals surface area (Å²) in [7, 11) is 2.12. The van der Waals surface area contributed by atoms with Gasteiger partial charge in [-0.15, -0.1) is 11.3 Å². The summed E-state index contributed by atoms with van der Waals surface area (Å²) in [4.78, 5) is 2.27. The Balaban J connectivity index is 1.91. The number of aryl methyl sites for hydroxylation is 1. The first-order valence-corrected chi connectivity index (χ1v) is 8.84. The molecule has 116 valence electrons. The molecule has 0 amide bonds. The van der Waals surface area contributed by atoms with Gasteiger partial charge in [0.1, 0.15) is 11.5 Å². The van der Waals surface area contributed by atoms with Gasteiger partial charge >= 0.3 is 0 Å². The minimum Gasteiger partial charge on any atom is -0.463 e. The summed E-state index contributed by atoms with van der Waals surface area (Å²) >= 11 is 5.23. The van der Waals surface area contributed by atoms with Gasteiger partial charge in [0.2, 0.25) is 0 Å². The number of rotatable bonds is 7. The van der Waals surface area contributed by atoms with Crippen molar-refractivity contribution in [3.63, 3.8) is 0 Å². The topological polar surface area (TPSA) is 28.4 Å². The smallest absolute Gasteiger partial charge is 0.120 e. The summed E-state index contributed by atoms with van der Waals surface area (Å²) < 4.78 is 7.15. The summed E-state index contributed by atoms with van der Waals surface area (Å²) in [6, 6.07) is 4.79. The molecule has 0 aromatic carbocycles. The molecule has 21 heavy (non-hydrogen) atoms. The van der Waals surface area contributed by atoms with Crippen LogP contribution in [0.3, 0.4) is 0 Å². The fourth-order valence-electron chi connectivity index (χ4n) is 2.20. The number of hydrogen-bond donors (Lipinski definition) is 1. The van der Waals surface area contributed by atoms with E-state index in [1.807, 2.05) is 0 Å². The van der Waals surface area contributed by atoms with E-state index in [0.29, 0.717) is 6.04 Å². The highest BCUT2D eigenvalue weighted by Crippen LogP contribution is 2.22. The van der Waals surface area contributed by atoms with Crippen LogP contribution >= 0.6 is 27.3 Å². The van der Waals surface area contributed by atoms with E-state index >= 15 is 0 Å². The standard InChI is InChI=1S/C16H23BrN2OS/c1-11(2)18-7-15-12(3)5-14(20-15)9-19(4)8-13-6-16(17)21-10-13/h5-6,10-11,18H,7-9H2,1-4H3. The minimum atomic E-state index is 0.470. The van der Waals surface area contributed by atoms with Crippen LogP contribution in [-0.4, -0.2) is 18.0 Å². The number of nitrogens with zero attached hydrogens (tertiary/aromatic N) is 1. The number of thiophene rings is 1. The maximum Gasteiger partial charge on any atom is 0.120 e. The van der Waals surface area contributed by atoms with Crippen LogP contribution in [-0.2, 0) is 19.6 Å². The van der Waals surface area contributed by atoms with E-state index in [0.717, 1.165) is 31.2 Å². The van der Waals surface area contributed by atoms with E-state index in [2.05, 4.69) is 71.5 Å². The van der Waals surface area contributed by atoms with E-state index < -0.39 is 0 Å². The van der Waals surface area contributed by atoms with Crippen LogP contribution in [0.2, 0.25) is 0 Å². The van der Waals surface area contributed by atoms with Crippen molar-refractivity contribution < 1.29 is 4.42 Å². The van der Waals surface area contributed by atoms with E-state index in [1.165, 1.54) is 14.9 Å². The van der Waals surface area contributed by atoms with Gasteiger partial charge in [0, 0.05) is 12.6 Å². The molecular weight excluding hydrogens is 348 g/mol. The third-order valence-electron chi connectivity index (χ3n) is 3.24. The Bertz CT molecular complexity index is 577. The average molecular weight is 371 g/mol. The third-order valence-corrected chi connectivity index (χ3v) is 4.80. The first-order valence-electron chi connectivity index (χ1n) is 7.17. The third kappa shape index (κ3) is 5.25. The van der Waals surface area contributed by atoms with Gasteiger partial charge in [-0.3, -0.25) is 4.90 Å². The van der Waals surface area contributed by atoms with Gasteiger partial charge in [-0.1, -0.05) is 13.8 Å². The average Bonchev–Trinajstić information content (AvgIpc) is 2.93. The molecule has 0 fully saturated rings. The predicted molar refractivity (Wildman–Crippen MR) is 92.6 cm³/mol. The molecule has 3 nitrogen and oxygen atoms in total. The van der Waals surface area contributed by atoms with Crippen LogP contribution in [0, 0.1) is 6.92 Å². The van der Waals surface area contributed by atoms with Crippen molar-refractivity contribution in [2.24, 2.45) is 0 Å². The molecule has 0 atom stereocenters. The molecule has 2 rings (SSSR count). The summed E-state index contributed by atoms with van der Waals surface area (Å²) in [5.41, 5.74) is 2.56. The van der Waals surface area contributed by atoms with E-state index in [-0.39, 0.29) is 0 Å². The summed E-state index contributed by atoms with van der Waals surface area (Å²) in [6.07, 6.45) is 0. The molecule has 0 unspecified atom stereocenters. The van der Waals surface area contributed by atoms with Gasteiger partial charge < -0.3 is 9.73 Å². The number of hydrogen-bond acceptors (Lipinski definition) is 4. The van der Waals surface area contributed by atoms with E-state index in [9.17, 15) is 0 Å². The van der Waals surface area contributed by atoms with Crippen molar-refractivity contribution >= 4 is 27.3 Å². The lowest BCUT2D eigenvalue weighted by atomic mass is 10.2. The second kappa shape index (κ2) is 7.58. The normalized spacial score (nSPS) is 11.8. The zero-order valence-electron chi connectivity index (χ0n) is 13.1. The Morgan fingerprint density at radius 1 is 1.33 bits per heavy atom. The molecule has 2 aromatic heterocycles. The molecule has 2 heterocycles. The molecule has 5 heteroatoms. The van der Waals surface area contributed by atoms with Crippen molar-refractivity contribution in [2.45, 2.75) is 46.4 Å². The van der Waals surface area contributed by atoms with Crippen LogP contribution in [0.4, 0.5) is 0 Å². The molecular formula is C16H23BrN2OS. The molecule has 0 radical (unpaired) electrons. The monoisotopic (exact) mass is 370 g/mol. The van der Waals surface area contributed by atoms with Crippen molar-refractivity contribution in [1.82, 2.24) is 10.2 Å². The van der Waals surface area contributed by atoms with Gasteiger partial charge in [0.05, 0.1) is 16.9 Å². The quantitative estimate of drug-likeness (QED) is 0.775. The number of nitrogens with one attached hydrogen (secondary N) is 1. The van der Waals surface area contributed by atoms with Crippen molar-refractivity contribution in [1.29, 1.82) is 0 Å². The first-order chi connectivity index (χ1) is 9.94. The first kappa shape index (κ1) is 16.7. The zero-order valence-corrected chi connectivity index (χ0v) is 15.5. The highest BCUT2D eigenvalue weighted by atomic mass is 79.9. The van der Waals surface area contributed by atoms with Crippen LogP contribution in [0.25, 0.3) is 0 Å². The largest absolute Gasteiger partial charge is 0.463 e. The highest BCUT2D eigenvalue weighted by molar-refractivity contribution is 9.11. The summed E-state index contributed by atoms with van der Waals surface area (Å²) in [5, 5.41) is 5.59. The molecule has 0 aliphatic rings. The lowest BCUT2D eigenvalue weighted by Crippen LogP contribution is -2.21. The van der Waals surface area contributed by atoms with E-state index in [1.54, 1.807) is 11.3 Å². The maximum absolute atomic E-state index is 5.97. The lowest BCUT2D eigenvalue weighted by Gasteiger charge is -2.14. The second-order valence-electron chi connectivity index (χ2n) is 5.79. The summed E-state index contributed by atoms with van der Waals surface area (Å²) in [5.74, 6) is 2.08. The predicted octanol–water partition coefficient (Wildman–Crippen LogP) is 4.54. The molecule has 0 aliphatic heterocycles. The molecule has 0 bridgehead atoms. The maximum atomic E-state index is 5.97. The second-order valence-corrected chi connectivity index (χ2v) is 8.08. The number of furan rings is 1. The Morgan fingerprint density at radius 2 is 2.10 bits per heavy atom. The molecule has 0 saturated carbocycles. The van der Waals surface area contributed by atoms with Crippen LogP contribution < -0.4 is 5.32 Å². The molecule has 0 spiro atoms. The van der Waals surface area contributed by atoms with Crippen LogP contribution in [0.15, 0.2) is 25.7 Å². The van der Waals surface area contributed by atoms with Crippen LogP contribution in [0.5, 0.6) is 0 Å². The Labute approximate surface area is 139 Å². The fraction of sp³-hybridized carbons (Fsp3) is 0.500. The molecule has 1 N–H and O–H groups in total. The summed E-state index contributed by atoms with van der Waals surface area (Å²) in [6.45, 7) is 8.96. The van der Waals surface area contributed by atoms with Crippen molar-refractivity contribution in [3.05, 3.63) is 43.9 Å². The molecule has 0 aliphatic carbocycles. The lowest BCUT2D eigenvalue weighted by molar-refractivity contribution is 0.282. The van der Waals surface area contributed by atoms with Gasteiger partial charge in [0.15, 0.2) is 0 Å². The van der Waals surface area contributed by atoms with Crippen molar-refractivity contribution in [2.75, 3.05) is 7.05 Å². The molecule has 2 aromatic rings. The Hall–Kier alpha value is -0.620.